The summed E-state index contributed by atoms with van der Waals surface area (Å²) < 4.78 is 89.9. The van der Waals surface area contributed by atoms with Crippen LogP contribution in [0.2, 0.25) is 0 Å². The highest BCUT2D eigenvalue weighted by Crippen LogP contribution is 2.74. The molecule has 4 fully saturated rings. The Morgan fingerprint density at radius 2 is 1.73 bits per heavy atom. The number of hydrogen-bond acceptors (Lipinski definition) is 24. The Labute approximate surface area is 360 Å². The average Bonchev–Trinajstić information content (AvgIpc) is 3.50. The van der Waals surface area contributed by atoms with Gasteiger partial charge in [0.25, 0.3) is 5.56 Å². The summed E-state index contributed by atoms with van der Waals surface area (Å²) in [6, 6.07) is -0.881. The molecule has 63 heavy (non-hydrogen) atoms. The van der Waals surface area contributed by atoms with E-state index in [1.807, 2.05) is 0 Å². The zero-order valence-corrected chi connectivity index (χ0v) is 36.9. The molecule has 0 radical (unpaired) electrons. The lowest BCUT2D eigenvalue weighted by atomic mass is 9.99. The normalized spacial score (nSPS) is 33.0. The van der Waals surface area contributed by atoms with Crippen molar-refractivity contribution < 1.29 is 75.2 Å². The van der Waals surface area contributed by atoms with E-state index in [2.05, 4.69) is 29.9 Å². The maximum Gasteiger partial charge on any atom is 0.510 e. The van der Waals surface area contributed by atoms with Crippen LogP contribution < -0.4 is 11.3 Å². The van der Waals surface area contributed by atoms with Gasteiger partial charge in [-0.1, -0.05) is 0 Å². The number of ether oxygens (including phenoxy) is 5. The minimum atomic E-state index is -4.99. The summed E-state index contributed by atoms with van der Waals surface area (Å²) in [5.41, 5.74) is 4.64. The van der Waals surface area contributed by atoms with Gasteiger partial charge in [0.05, 0.1) is 56.8 Å². The molecule has 2 saturated heterocycles. The van der Waals surface area contributed by atoms with Gasteiger partial charge in [-0.15, -0.1) is 0 Å². The Bertz CT molecular complexity index is 2520. The highest BCUT2D eigenvalue weighted by Gasteiger charge is 2.74. The van der Waals surface area contributed by atoms with E-state index < -0.39 is 131 Å². The maximum absolute atomic E-state index is 15.0. The number of anilines is 1. The lowest BCUT2D eigenvalue weighted by Gasteiger charge is -2.32. The molecule has 11 atom stereocenters. The second-order valence-electron chi connectivity index (χ2n) is 15.7. The van der Waals surface area contributed by atoms with Gasteiger partial charge in [-0.05, 0) is 47.0 Å². The Kier molecular flexibility index (Phi) is 12.7. The number of aromatic nitrogens is 8. The van der Waals surface area contributed by atoms with Gasteiger partial charge in [0.15, 0.2) is 34.8 Å². The van der Waals surface area contributed by atoms with Gasteiger partial charge in [-0.25, -0.2) is 48.2 Å². The van der Waals surface area contributed by atoms with Gasteiger partial charge in [-0.2, -0.15) is 0 Å². The van der Waals surface area contributed by atoms with Gasteiger partial charge in [-0.3, -0.25) is 27.5 Å². The van der Waals surface area contributed by atoms with E-state index in [0.29, 0.717) is 11.4 Å². The van der Waals surface area contributed by atoms with Crippen molar-refractivity contribution in [2.45, 2.75) is 89.9 Å². The molecular formula is C34H45N9O17P2S. The smallest absolute Gasteiger partial charge is 0.432 e. The number of fused-ring (bicyclic) bond motifs is 4. The molecule has 29 heteroatoms. The molecule has 2 aliphatic carbocycles. The quantitative estimate of drug-likeness (QED) is 0.0953. The van der Waals surface area contributed by atoms with Crippen LogP contribution >= 0.6 is 26.0 Å². The third-order valence-electron chi connectivity index (χ3n) is 10.9. The molecule has 0 aromatic carbocycles. The number of carbonyl (C=O) groups is 2. The lowest BCUT2D eigenvalue weighted by Crippen LogP contribution is -2.38. The number of aryl methyl sites for hydroxylation is 1. The molecule has 1 unspecified atom stereocenters. The number of H-pyrrole nitrogens is 1. The number of aliphatic hydroxyl groups is 2. The largest absolute Gasteiger partial charge is 0.510 e. The molecular weight excluding hydrogens is 900 g/mol. The predicted molar refractivity (Wildman–Crippen MR) is 213 cm³/mol. The van der Waals surface area contributed by atoms with Gasteiger partial charge < -0.3 is 49.2 Å². The third kappa shape index (κ3) is 8.93. The van der Waals surface area contributed by atoms with Crippen LogP contribution in [0.5, 0.6) is 0 Å². The van der Waals surface area contributed by atoms with Crippen LogP contribution in [-0.4, -0.2) is 131 Å². The number of aliphatic hydroxyl groups excluding tert-OH is 2. The van der Waals surface area contributed by atoms with Crippen LogP contribution in [0.25, 0.3) is 22.3 Å². The first-order valence-electron chi connectivity index (χ1n) is 19.6. The van der Waals surface area contributed by atoms with Crippen molar-refractivity contribution in [2.24, 2.45) is 17.3 Å². The van der Waals surface area contributed by atoms with Gasteiger partial charge in [0.2, 0.25) is 6.79 Å². The fourth-order valence-electron chi connectivity index (χ4n) is 8.08. The van der Waals surface area contributed by atoms with Crippen LogP contribution in [0.4, 0.5) is 15.4 Å². The molecule has 5 N–H and O–H groups in total. The first-order chi connectivity index (χ1) is 29.9. The van der Waals surface area contributed by atoms with Gasteiger partial charge in [0, 0.05) is 22.7 Å². The van der Waals surface area contributed by atoms with Crippen LogP contribution in [0, 0.1) is 24.2 Å². The summed E-state index contributed by atoms with van der Waals surface area (Å²) in [5.74, 6) is -2.05. The SMILES string of the molecule is Cc1nc2c(ncn2[C@@H]2O[C@@H]3CO[P@](=O)(SCOC(=O)OC(C)C)O[C@H]4[C@@H](O)[C@H](n5cnc6c(N)ncnc65)[C@H]5CC54CO[P@](=O)(OCOC(=O)OC(C)C)O[C@@H]2[C@@H]3CO)c(=O)[nH]1. The van der Waals surface area contributed by atoms with Crippen LogP contribution in [-0.2, 0) is 55.4 Å². The lowest BCUT2D eigenvalue weighted by molar-refractivity contribution is -0.0688. The minimum Gasteiger partial charge on any atom is -0.432 e. The molecule has 344 valence electrons. The number of aromatic amines is 1. The molecule has 2 saturated carbocycles. The van der Waals surface area contributed by atoms with Crippen molar-refractivity contribution in [3.63, 3.8) is 0 Å². The standard InChI is InChI=1S/C34H45N9O17P2S/c1-15(2)56-32(47)51-13-55-61(49)54-9-34-6-19(34)23(42-11-38-21-27(35)36-10-37-28(21)42)24(45)26(34)60-62(50,63-14-52-33(48)57-16(3)4)53-8-20-18(7-44)25(59-61)31(58-20)43-12-39-22-29(43)40-17(5)41-30(22)46/h10-12,15-16,18-20,23-26,31,44-45H,6-9,13-14H2,1-5H3,(H2,35,36,37)(H,40,41,46)/t18-,19-,20-,23-,24+,25-,26+,31-,34?,61-,62+/m1/s1. The number of nitrogens with zero attached hydrogens (tertiary/aromatic N) is 7. The number of phosphoric acid groups is 1. The number of carbonyl (C=O) groups excluding carboxylic acids is 2. The minimum absolute atomic E-state index is 0.0215. The summed E-state index contributed by atoms with van der Waals surface area (Å²) in [6.45, 7) is 0.434. The van der Waals surface area contributed by atoms with E-state index >= 15 is 9.13 Å². The Morgan fingerprint density at radius 3 is 2.46 bits per heavy atom. The first kappa shape index (κ1) is 45.3. The van der Waals surface area contributed by atoms with E-state index in [9.17, 15) is 24.6 Å². The predicted octanol–water partition coefficient (Wildman–Crippen LogP) is 3.10. The molecule has 6 heterocycles. The topological polar surface area (TPSA) is 334 Å². The summed E-state index contributed by atoms with van der Waals surface area (Å²) in [7, 11) is -4.99. The molecule has 4 aliphatic rings. The molecule has 1 spiro atoms. The summed E-state index contributed by atoms with van der Waals surface area (Å²) in [6.07, 6.45) is -6.32. The molecule has 4 aromatic heterocycles. The third-order valence-corrected chi connectivity index (χ3v) is 15.6. The fraction of sp³-hybridized carbons (Fsp3) is 0.647. The first-order valence-corrected chi connectivity index (χ1v) is 24.2. The summed E-state index contributed by atoms with van der Waals surface area (Å²) in [5, 5.41) is 23.0. The Hall–Kier alpha value is -4.27. The maximum atomic E-state index is 15.0. The molecule has 2 aliphatic heterocycles. The van der Waals surface area contributed by atoms with Crippen molar-refractivity contribution in [3.05, 3.63) is 35.2 Å². The van der Waals surface area contributed by atoms with Crippen molar-refractivity contribution in [2.75, 3.05) is 38.3 Å². The Balaban J connectivity index is 1.19. The van der Waals surface area contributed by atoms with Crippen LogP contribution in [0.1, 0.15) is 52.2 Å². The van der Waals surface area contributed by atoms with E-state index in [1.54, 1.807) is 32.3 Å². The van der Waals surface area contributed by atoms with E-state index in [0.717, 1.165) is 0 Å². The van der Waals surface area contributed by atoms with E-state index in [1.165, 1.54) is 30.5 Å². The number of nitrogens with one attached hydrogen (secondary N) is 1. The zero-order chi connectivity index (χ0) is 45.0. The van der Waals surface area contributed by atoms with E-state index in [4.69, 9.17) is 52.0 Å². The van der Waals surface area contributed by atoms with Gasteiger partial charge >= 0.3 is 26.9 Å². The Morgan fingerprint density at radius 1 is 1.02 bits per heavy atom. The van der Waals surface area contributed by atoms with E-state index in [-0.39, 0.29) is 40.4 Å². The monoisotopic (exact) mass is 945 g/mol. The number of phosphoric ester groups is 1. The van der Waals surface area contributed by atoms with Crippen molar-refractivity contribution in [1.29, 1.82) is 0 Å². The zero-order valence-electron chi connectivity index (χ0n) is 34.3. The molecule has 0 amide bonds. The molecule has 2 bridgehead atoms. The average molecular weight is 946 g/mol. The second kappa shape index (κ2) is 17.6. The molecule has 26 nitrogen and oxygen atoms in total. The van der Waals surface area contributed by atoms with Crippen LogP contribution in [0.15, 0.2) is 23.8 Å². The second-order valence-corrected chi connectivity index (χ2v) is 21.3. The van der Waals surface area contributed by atoms with Crippen molar-refractivity contribution >= 4 is 66.5 Å². The highest BCUT2D eigenvalue weighted by atomic mass is 32.7. The number of imidazole rings is 2. The van der Waals surface area contributed by atoms with Crippen LogP contribution in [0.3, 0.4) is 0 Å². The fourth-order valence-corrected chi connectivity index (χ4v) is 12.2. The number of rotatable bonds is 11. The number of nitrogens with two attached hydrogens (primary N) is 1. The highest BCUT2D eigenvalue weighted by molar-refractivity contribution is 8.55. The van der Waals surface area contributed by atoms with Crippen molar-refractivity contribution in [1.82, 2.24) is 39.0 Å². The summed E-state index contributed by atoms with van der Waals surface area (Å²) >= 11 is 0.466. The molecule has 4 aromatic rings. The molecule has 8 rings (SSSR count). The summed E-state index contributed by atoms with van der Waals surface area (Å²) in [4.78, 5) is 61.3. The van der Waals surface area contributed by atoms with Crippen molar-refractivity contribution in [3.8, 4) is 0 Å². The number of hydrogen-bond donors (Lipinski definition) is 4. The number of nitrogen functional groups attached to an aromatic ring is 1. The van der Waals surface area contributed by atoms with Gasteiger partial charge in [0.1, 0.15) is 36.0 Å².